The molecule has 90 valence electrons. The highest BCUT2D eigenvalue weighted by molar-refractivity contribution is 6.01. The summed E-state index contributed by atoms with van der Waals surface area (Å²) < 4.78 is 0. The largest absolute Gasteiger partial charge is 0.315 e. The van der Waals surface area contributed by atoms with Crippen LogP contribution in [0.4, 0.5) is 5.69 Å². The highest BCUT2D eigenvalue weighted by atomic mass is 16.2. The summed E-state index contributed by atoms with van der Waals surface area (Å²) >= 11 is 0. The third kappa shape index (κ3) is 1.68. The molecule has 0 aliphatic carbocycles. The molecule has 1 amide bonds. The van der Waals surface area contributed by atoms with Gasteiger partial charge in [-0.25, -0.2) is 0 Å². The van der Waals surface area contributed by atoms with Gasteiger partial charge in [-0.15, -0.1) is 0 Å². The van der Waals surface area contributed by atoms with Gasteiger partial charge in [-0.05, 0) is 41.8 Å². The second-order valence-corrected chi connectivity index (χ2v) is 4.72. The van der Waals surface area contributed by atoms with E-state index >= 15 is 0 Å². The van der Waals surface area contributed by atoms with Crippen LogP contribution in [0.5, 0.6) is 0 Å². The minimum atomic E-state index is 0.157. The number of fused-ring (bicyclic) bond motifs is 1. The van der Waals surface area contributed by atoms with Crippen LogP contribution in [0.2, 0.25) is 0 Å². The van der Waals surface area contributed by atoms with Gasteiger partial charge in [-0.1, -0.05) is 6.07 Å². The number of hydrogen-bond donors (Lipinski definition) is 0. The van der Waals surface area contributed by atoms with Crippen molar-refractivity contribution in [1.29, 1.82) is 0 Å². The van der Waals surface area contributed by atoms with Crippen LogP contribution in [-0.4, -0.2) is 17.9 Å². The maximum absolute atomic E-state index is 11.6. The number of hydrogen-bond acceptors (Lipinski definition) is 2. The zero-order valence-electron chi connectivity index (χ0n) is 10.5. The van der Waals surface area contributed by atoms with Gasteiger partial charge in [0.05, 0.1) is 6.42 Å². The molecule has 18 heavy (non-hydrogen) atoms. The molecular weight excluding hydrogens is 224 g/mol. The van der Waals surface area contributed by atoms with E-state index in [2.05, 4.69) is 17.1 Å². The van der Waals surface area contributed by atoms with Gasteiger partial charge in [0.2, 0.25) is 5.91 Å². The number of carbonyl (C=O) groups excluding carboxylic acids is 1. The fourth-order valence-electron chi connectivity index (χ4n) is 2.36. The third-order valence-corrected chi connectivity index (χ3v) is 3.36. The van der Waals surface area contributed by atoms with Crippen LogP contribution >= 0.6 is 0 Å². The molecule has 1 aromatic carbocycles. The lowest BCUT2D eigenvalue weighted by atomic mass is 10.0. The van der Waals surface area contributed by atoms with Gasteiger partial charge >= 0.3 is 0 Å². The topological polar surface area (TPSA) is 33.2 Å². The first-order valence-electron chi connectivity index (χ1n) is 5.96. The first-order valence-corrected chi connectivity index (χ1v) is 5.96. The maximum Gasteiger partial charge on any atom is 0.231 e. The number of carbonyl (C=O) groups is 1. The molecule has 1 aromatic heterocycles. The van der Waals surface area contributed by atoms with Crippen LogP contribution in [0.15, 0.2) is 36.7 Å². The van der Waals surface area contributed by atoms with Crippen LogP contribution in [0.3, 0.4) is 0 Å². The van der Waals surface area contributed by atoms with Gasteiger partial charge in [0, 0.05) is 30.7 Å². The van der Waals surface area contributed by atoms with E-state index in [1.807, 2.05) is 38.5 Å². The van der Waals surface area contributed by atoms with Gasteiger partial charge in [-0.3, -0.25) is 9.78 Å². The average Bonchev–Trinajstić information content (AvgIpc) is 2.65. The van der Waals surface area contributed by atoms with Gasteiger partial charge in [0.15, 0.2) is 0 Å². The van der Waals surface area contributed by atoms with Crippen molar-refractivity contribution in [2.75, 3.05) is 11.9 Å². The highest BCUT2D eigenvalue weighted by Gasteiger charge is 2.23. The molecule has 0 radical (unpaired) electrons. The number of nitrogens with zero attached hydrogens (tertiary/aromatic N) is 2. The molecule has 3 heteroatoms. The van der Waals surface area contributed by atoms with E-state index in [1.54, 1.807) is 4.90 Å². The van der Waals surface area contributed by atoms with Crippen molar-refractivity contribution in [3.8, 4) is 11.1 Å². The Morgan fingerprint density at radius 3 is 2.78 bits per heavy atom. The number of likely N-dealkylation sites (N-methyl/N-ethyl adjacent to an activating group) is 1. The lowest BCUT2D eigenvalue weighted by molar-refractivity contribution is -0.117. The molecule has 1 aliphatic heterocycles. The lowest BCUT2D eigenvalue weighted by Gasteiger charge is -2.10. The van der Waals surface area contributed by atoms with Crippen molar-refractivity contribution >= 4 is 11.6 Å². The quantitative estimate of drug-likeness (QED) is 0.765. The van der Waals surface area contributed by atoms with Crippen LogP contribution in [0, 0.1) is 6.92 Å². The summed E-state index contributed by atoms with van der Waals surface area (Å²) in [5.41, 5.74) is 5.47. The minimum absolute atomic E-state index is 0.157. The molecule has 0 fully saturated rings. The molecule has 0 N–H and O–H groups in total. The first-order chi connectivity index (χ1) is 8.65. The van der Waals surface area contributed by atoms with Gasteiger partial charge in [-0.2, -0.15) is 0 Å². The molecule has 0 saturated carbocycles. The minimum Gasteiger partial charge on any atom is -0.315 e. The van der Waals surface area contributed by atoms with E-state index in [9.17, 15) is 4.79 Å². The van der Waals surface area contributed by atoms with E-state index in [4.69, 9.17) is 0 Å². The summed E-state index contributed by atoms with van der Waals surface area (Å²) in [5, 5.41) is 0. The Morgan fingerprint density at radius 2 is 2.00 bits per heavy atom. The average molecular weight is 238 g/mol. The Bertz CT molecular complexity index is 634. The zero-order chi connectivity index (χ0) is 12.7. The van der Waals surface area contributed by atoms with Gasteiger partial charge < -0.3 is 4.90 Å². The Balaban J connectivity index is 2.07. The summed E-state index contributed by atoms with van der Waals surface area (Å²) in [7, 11) is 1.82. The number of aryl methyl sites for hydroxylation is 1. The lowest BCUT2D eigenvalue weighted by Crippen LogP contribution is -2.20. The van der Waals surface area contributed by atoms with Crippen LogP contribution in [-0.2, 0) is 11.2 Å². The predicted octanol–water partition coefficient (Wildman–Crippen LogP) is 2.58. The van der Waals surface area contributed by atoms with Crippen molar-refractivity contribution in [3.63, 3.8) is 0 Å². The molecule has 0 spiro atoms. The number of aromatic nitrogens is 1. The summed E-state index contributed by atoms with van der Waals surface area (Å²) in [6, 6.07) is 8.25. The fourth-order valence-corrected chi connectivity index (χ4v) is 2.36. The Labute approximate surface area is 106 Å². The maximum atomic E-state index is 11.6. The smallest absolute Gasteiger partial charge is 0.231 e. The molecule has 2 aromatic rings. The molecule has 1 aliphatic rings. The molecule has 2 heterocycles. The molecule has 0 unspecified atom stereocenters. The summed E-state index contributed by atoms with van der Waals surface area (Å²) in [5.74, 6) is 0.157. The number of pyridine rings is 1. The number of amides is 1. The highest BCUT2D eigenvalue weighted by Crippen LogP contribution is 2.31. The summed E-state index contributed by atoms with van der Waals surface area (Å²) in [6.45, 7) is 2.03. The molecule has 3 rings (SSSR count). The summed E-state index contributed by atoms with van der Waals surface area (Å²) in [6.07, 6.45) is 4.20. The van der Waals surface area contributed by atoms with E-state index in [0.29, 0.717) is 6.42 Å². The number of benzene rings is 1. The summed E-state index contributed by atoms with van der Waals surface area (Å²) in [4.78, 5) is 17.6. The fraction of sp³-hybridized carbons (Fsp3) is 0.200. The number of anilines is 1. The van der Waals surface area contributed by atoms with Crippen LogP contribution in [0.25, 0.3) is 11.1 Å². The van der Waals surface area contributed by atoms with E-state index < -0.39 is 0 Å². The SMILES string of the molecule is Cc1cncc(-c2ccc3c(c2)CC(=O)N3C)c1. The second kappa shape index (κ2) is 3.95. The zero-order valence-corrected chi connectivity index (χ0v) is 10.5. The molecule has 3 nitrogen and oxygen atoms in total. The van der Waals surface area contributed by atoms with E-state index in [1.165, 1.54) is 0 Å². The Hall–Kier alpha value is -2.16. The standard InChI is InChI=1S/C15H14N2O/c1-10-5-13(9-16-8-10)11-3-4-14-12(6-11)7-15(18)17(14)2/h3-6,8-9H,7H2,1-2H3. The first kappa shape index (κ1) is 11.0. The molecule has 0 atom stereocenters. The van der Waals surface area contributed by atoms with Gasteiger partial charge in [0.1, 0.15) is 0 Å². The third-order valence-electron chi connectivity index (χ3n) is 3.36. The van der Waals surface area contributed by atoms with Crippen molar-refractivity contribution in [3.05, 3.63) is 47.8 Å². The normalized spacial score (nSPS) is 13.9. The molecule has 0 bridgehead atoms. The van der Waals surface area contributed by atoms with E-state index in [-0.39, 0.29) is 5.91 Å². The van der Waals surface area contributed by atoms with Crippen molar-refractivity contribution < 1.29 is 4.79 Å². The van der Waals surface area contributed by atoms with Crippen molar-refractivity contribution in [2.24, 2.45) is 0 Å². The van der Waals surface area contributed by atoms with Crippen molar-refractivity contribution in [1.82, 2.24) is 4.98 Å². The monoisotopic (exact) mass is 238 g/mol. The van der Waals surface area contributed by atoms with Crippen molar-refractivity contribution in [2.45, 2.75) is 13.3 Å². The Morgan fingerprint density at radius 1 is 1.17 bits per heavy atom. The van der Waals surface area contributed by atoms with Gasteiger partial charge in [0.25, 0.3) is 0 Å². The van der Waals surface area contributed by atoms with Crippen LogP contribution in [0.1, 0.15) is 11.1 Å². The van der Waals surface area contributed by atoms with Crippen LogP contribution < -0.4 is 4.90 Å². The van der Waals surface area contributed by atoms with E-state index in [0.717, 1.165) is 27.9 Å². The molecular formula is C15H14N2O. The predicted molar refractivity (Wildman–Crippen MR) is 71.5 cm³/mol. The Kier molecular flexibility index (Phi) is 2.40. The molecule has 0 saturated heterocycles. The second-order valence-electron chi connectivity index (χ2n) is 4.72. The number of rotatable bonds is 1.